The van der Waals surface area contributed by atoms with E-state index in [-0.39, 0.29) is 0 Å². The summed E-state index contributed by atoms with van der Waals surface area (Å²) in [6.07, 6.45) is 5.77. The van der Waals surface area contributed by atoms with Crippen LogP contribution in [0.15, 0.2) is 59.1 Å². The fourth-order valence-electron chi connectivity index (χ4n) is 4.82. The average molecular weight is 389 g/mol. The summed E-state index contributed by atoms with van der Waals surface area (Å²) < 4.78 is 12.6. The summed E-state index contributed by atoms with van der Waals surface area (Å²) in [4.78, 5) is 7.25. The minimum Gasteiger partial charge on any atom is -0.457 e. The van der Waals surface area contributed by atoms with Crippen LogP contribution in [0.1, 0.15) is 55.9 Å². The van der Waals surface area contributed by atoms with E-state index in [0.29, 0.717) is 0 Å². The topological polar surface area (TPSA) is 38.5 Å². The maximum absolute atomic E-state index is 6.39. The number of hydrogen-bond acceptors (Lipinski definition) is 4. The first-order valence-electron chi connectivity index (χ1n) is 10.7. The number of fused-ring (bicyclic) bond motifs is 2. The molecule has 0 amide bonds. The van der Waals surface area contributed by atoms with Crippen molar-refractivity contribution in [2.75, 3.05) is 13.1 Å². The molecule has 2 aliphatic heterocycles. The van der Waals surface area contributed by atoms with Crippen LogP contribution in [-0.4, -0.2) is 23.0 Å². The molecule has 0 bridgehead atoms. The first-order valence-corrected chi connectivity index (χ1v) is 10.7. The van der Waals surface area contributed by atoms with Crippen molar-refractivity contribution in [2.45, 2.75) is 45.1 Å². The van der Waals surface area contributed by atoms with Gasteiger partial charge in [0.1, 0.15) is 22.7 Å². The molecular weight excluding hydrogens is 360 g/mol. The van der Waals surface area contributed by atoms with Crippen LogP contribution in [0.5, 0.6) is 11.5 Å². The molecule has 2 aromatic carbocycles. The second-order valence-corrected chi connectivity index (χ2v) is 8.48. The molecule has 0 spiro atoms. The molecule has 29 heavy (non-hydrogen) atoms. The number of para-hydroxylation sites is 2. The van der Waals surface area contributed by atoms with Gasteiger partial charge in [-0.25, -0.2) is 4.98 Å². The zero-order valence-corrected chi connectivity index (χ0v) is 17.2. The number of nitrogens with zero attached hydrogens (tertiary/aromatic N) is 2. The van der Waals surface area contributed by atoms with Gasteiger partial charge < -0.3 is 9.15 Å². The largest absolute Gasteiger partial charge is 0.457 e. The fourth-order valence-corrected chi connectivity index (χ4v) is 4.82. The summed E-state index contributed by atoms with van der Waals surface area (Å²) in [5.74, 6) is 4.30. The van der Waals surface area contributed by atoms with Crippen molar-refractivity contribution in [3.8, 4) is 11.5 Å². The average Bonchev–Trinajstić information content (AvgIpc) is 3.24. The maximum Gasteiger partial charge on any atom is 0.209 e. The molecule has 0 aliphatic carbocycles. The number of rotatable bonds is 4. The fraction of sp³-hybridized carbons (Fsp3) is 0.400. The predicted molar refractivity (Wildman–Crippen MR) is 113 cm³/mol. The summed E-state index contributed by atoms with van der Waals surface area (Å²) in [7, 11) is 0. The summed E-state index contributed by atoms with van der Waals surface area (Å²) in [6.45, 7) is 7.61. The van der Waals surface area contributed by atoms with E-state index in [1.165, 1.54) is 19.3 Å². The highest BCUT2D eigenvalue weighted by molar-refractivity contribution is 5.60. The highest BCUT2D eigenvalue weighted by Crippen LogP contribution is 2.50. The Morgan fingerprint density at radius 3 is 2.24 bits per heavy atom. The van der Waals surface area contributed by atoms with E-state index in [0.717, 1.165) is 59.8 Å². The van der Waals surface area contributed by atoms with Crippen LogP contribution in [0.2, 0.25) is 0 Å². The Morgan fingerprint density at radius 2 is 1.62 bits per heavy atom. The number of oxazole rings is 1. The molecule has 3 heterocycles. The lowest BCUT2D eigenvalue weighted by Crippen LogP contribution is -2.33. The summed E-state index contributed by atoms with van der Waals surface area (Å²) in [6, 6.07) is 16.4. The van der Waals surface area contributed by atoms with Gasteiger partial charge in [0, 0.05) is 11.1 Å². The molecule has 1 saturated heterocycles. The number of likely N-dealkylation sites (tertiary alicyclic amines) is 1. The number of aromatic nitrogens is 1. The van der Waals surface area contributed by atoms with Crippen molar-refractivity contribution in [1.29, 1.82) is 0 Å². The normalized spacial score (nSPS) is 18.7. The second-order valence-electron chi connectivity index (χ2n) is 8.48. The van der Waals surface area contributed by atoms with Gasteiger partial charge in [-0.15, -0.1) is 0 Å². The Balaban J connectivity index is 1.47. The molecule has 0 unspecified atom stereocenters. The summed E-state index contributed by atoms with van der Waals surface area (Å²) in [5, 5.41) is 0. The molecule has 0 saturated carbocycles. The smallest absolute Gasteiger partial charge is 0.209 e. The van der Waals surface area contributed by atoms with Crippen LogP contribution < -0.4 is 4.74 Å². The van der Waals surface area contributed by atoms with E-state index in [1.54, 1.807) is 0 Å². The van der Waals surface area contributed by atoms with Crippen molar-refractivity contribution in [1.82, 2.24) is 9.88 Å². The molecule has 5 rings (SSSR count). The maximum atomic E-state index is 6.39. The minimum absolute atomic E-state index is 0.473. The SMILES string of the molecule is CCC1CCN(Cc2cnc(C3(C)c4ccccc4Oc4ccccc43)o2)CC1. The van der Waals surface area contributed by atoms with Gasteiger partial charge >= 0.3 is 0 Å². The van der Waals surface area contributed by atoms with Gasteiger partial charge in [-0.2, -0.15) is 0 Å². The Labute approximate surface area is 172 Å². The zero-order chi connectivity index (χ0) is 19.8. The molecule has 0 radical (unpaired) electrons. The summed E-state index contributed by atoms with van der Waals surface area (Å²) in [5.41, 5.74) is 1.71. The molecule has 0 N–H and O–H groups in total. The zero-order valence-electron chi connectivity index (χ0n) is 17.2. The molecule has 150 valence electrons. The first kappa shape index (κ1) is 18.4. The highest BCUT2D eigenvalue weighted by atomic mass is 16.5. The van der Waals surface area contributed by atoms with Crippen LogP contribution in [0.25, 0.3) is 0 Å². The Bertz CT molecular complexity index is 956. The molecule has 0 atom stereocenters. The molecule has 1 aromatic heterocycles. The van der Waals surface area contributed by atoms with E-state index in [2.05, 4.69) is 43.0 Å². The molecule has 3 aromatic rings. The van der Waals surface area contributed by atoms with Gasteiger partial charge in [-0.1, -0.05) is 49.7 Å². The van der Waals surface area contributed by atoms with Crippen molar-refractivity contribution in [3.63, 3.8) is 0 Å². The van der Waals surface area contributed by atoms with E-state index >= 15 is 0 Å². The van der Waals surface area contributed by atoms with Crippen molar-refractivity contribution < 1.29 is 9.15 Å². The Hall–Kier alpha value is -2.59. The lowest BCUT2D eigenvalue weighted by molar-refractivity contribution is 0.162. The lowest BCUT2D eigenvalue weighted by atomic mass is 9.74. The van der Waals surface area contributed by atoms with Crippen LogP contribution in [0.4, 0.5) is 0 Å². The molecule has 4 nitrogen and oxygen atoms in total. The third-order valence-corrected chi connectivity index (χ3v) is 6.72. The van der Waals surface area contributed by atoms with E-state index < -0.39 is 5.41 Å². The monoisotopic (exact) mass is 388 g/mol. The standard InChI is InChI=1S/C25H28N2O2/c1-3-18-12-14-27(15-13-18)17-19-16-26-24(28-19)25(2)20-8-4-6-10-22(20)29-23-11-7-5-9-21(23)25/h4-11,16,18H,3,12-15,17H2,1-2H3. The molecule has 2 aliphatic rings. The molecule has 4 heteroatoms. The van der Waals surface area contributed by atoms with Crippen molar-refractivity contribution in [2.24, 2.45) is 5.92 Å². The number of ether oxygens (including phenoxy) is 1. The Morgan fingerprint density at radius 1 is 1.00 bits per heavy atom. The van der Waals surface area contributed by atoms with Crippen molar-refractivity contribution >= 4 is 0 Å². The van der Waals surface area contributed by atoms with Gasteiger partial charge in [-0.3, -0.25) is 4.90 Å². The number of hydrogen-bond donors (Lipinski definition) is 0. The third-order valence-electron chi connectivity index (χ3n) is 6.72. The van der Waals surface area contributed by atoms with Gasteiger partial charge in [0.25, 0.3) is 0 Å². The van der Waals surface area contributed by atoms with E-state index in [9.17, 15) is 0 Å². The number of piperidine rings is 1. The van der Waals surface area contributed by atoms with Crippen LogP contribution in [0.3, 0.4) is 0 Å². The van der Waals surface area contributed by atoms with E-state index in [4.69, 9.17) is 14.1 Å². The lowest BCUT2D eigenvalue weighted by Gasteiger charge is -2.35. The van der Waals surface area contributed by atoms with Crippen molar-refractivity contribution in [3.05, 3.63) is 77.5 Å². The first-order chi connectivity index (χ1) is 14.2. The quantitative estimate of drug-likeness (QED) is 0.570. The molecule has 1 fully saturated rings. The highest BCUT2D eigenvalue weighted by Gasteiger charge is 2.43. The third kappa shape index (κ3) is 3.16. The van der Waals surface area contributed by atoms with Gasteiger partial charge in [-0.05, 0) is 50.9 Å². The summed E-state index contributed by atoms with van der Waals surface area (Å²) >= 11 is 0. The van der Waals surface area contributed by atoms with Crippen LogP contribution in [0, 0.1) is 5.92 Å². The Kier molecular flexibility index (Phi) is 4.67. The number of benzene rings is 2. The predicted octanol–water partition coefficient (Wildman–Crippen LogP) is 5.76. The van der Waals surface area contributed by atoms with Gasteiger partial charge in [0.15, 0.2) is 0 Å². The minimum atomic E-state index is -0.473. The second kappa shape index (κ2) is 7.34. The molecular formula is C25H28N2O2. The van der Waals surface area contributed by atoms with Gasteiger partial charge in [0.2, 0.25) is 5.89 Å². The van der Waals surface area contributed by atoms with Gasteiger partial charge in [0.05, 0.1) is 12.7 Å². The van der Waals surface area contributed by atoms with E-state index in [1.807, 2.05) is 30.5 Å². The van der Waals surface area contributed by atoms with Crippen LogP contribution >= 0.6 is 0 Å². The van der Waals surface area contributed by atoms with Crippen LogP contribution in [-0.2, 0) is 12.0 Å².